The highest BCUT2D eigenvalue weighted by Gasteiger charge is 2.32. The highest BCUT2D eigenvalue weighted by molar-refractivity contribution is 6.15. The lowest BCUT2D eigenvalue weighted by atomic mass is 9.81. The van der Waals surface area contributed by atoms with Crippen molar-refractivity contribution in [2.75, 3.05) is 37.8 Å². The van der Waals surface area contributed by atoms with Crippen molar-refractivity contribution in [3.8, 4) is 0 Å². The molecular formula is C30H35N5O5. The number of pyridine rings is 1. The molecule has 1 saturated carbocycles. The van der Waals surface area contributed by atoms with Crippen molar-refractivity contribution >= 4 is 46.1 Å². The van der Waals surface area contributed by atoms with Crippen molar-refractivity contribution in [2.45, 2.75) is 45.4 Å². The third-order valence-corrected chi connectivity index (χ3v) is 7.82. The SMILES string of the molecule is Cc1ccc(NC(=O)c2oc3ccc(C(=O)N4CCCC4)cc3c2NC(=O)[C@H]2CC[C@H](C(=O)N(C)C)CC2)nc1. The fraction of sp³-hybridized carbons (Fsp3) is 0.433. The number of nitrogens with one attached hydrogen (secondary N) is 2. The van der Waals surface area contributed by atoms with Crippen LogP contribution < -0.4 is 10.6 Å². The van der Waals surface area contributed by atoms with Crippen molar-refractivity contribution in [2.24, 2.45) is 11.8 Å². The van der Waals surface area contributed by atoms with Crippen LogP contribution in [0.2, 0.25) is 0 Å². The van der Waals surface area contributed by atoms with Crippen molar-refractivity contribution in [1.82, 2.24) is 14.8 Å². The molecule has 2 N–H and O–H groups in total. The highest BCUT2D eigenvalue weighted by Crippen LogP contribution is 2.35. The van der Waals surface area contributed by atoms with Gasteiger partial charge in [-0.25, -0.2) is 4.98 Å². The molecule has 1 aliphatic carbocycles. The molecule has 40 heavy (non-hydrogen) atoms. The van der Waals surface area contributed by atoms with E-state index in [-0.39, 0.29) is 41.0 Å². The summed E-state index contributed by atoms with van der Waals surface area (Å²) < 4.78 is 5.95. The standard InChI is InChI=1S/C30H35N5O5/c1-18-6-13-24(31-17-18)32-28(37)26-25(33-27(36)19-7-9-20(10-8-19)29(38)34(2)3)22-16-21(11-12-23(22)40-26)30(39)35-14-4-5-15-35/h6,11-13,16-17,19-20H,4-5,7-10,14-15H2,1-3H3,(H,33,36)(H,31,32,37)/t19-,20-. The van der Waals surface area contributed by atoms with Gasteiger partial charge < -0.3 is 24.9 Å². The van der Waals surface area contributed by atoms with Crippen LogP contribution >= 0.6 is 0 Å². The average molecular weight is 546 g/mol. The summed E-state index contributed by atoms with van der Waals surface area (Å²) in [6.45, 7) is 3.32. The van der Waals surface area contributed by atoms with E-state index >= 15 is 0 Å². The predicted octanol–water partition coefficient (Wildman–Crippen LogP) is 4.46. The van der Waals surface area contributed by atoms with Gasteiger partial charge in [0, 0.05) is 56.2 Å². The number of hydrogen-bond acceptors (Lipinski definition) is 6. The molecule has 210 valence electrons. The van der Waals surface area contributed by atoms with Gasteiger partial charge in [0.15, 0.2) is 0 Å². The monoisotopic (exact) mass is 545 g/mol. The number of anilines is 2. The number of carbonyl (C=O) groups excluding carboxylic acids is 4. The van der Waals surface area contributed by atoms with E-state index in [1.54, 1.807) is 49.5 Å². The third kappa shape index (κ3) is 5.71. The summed E-state index contributed by atoms with van der Waals surface area (Å²) in [6.07, 6.45) is 5.98. The van der Waals surface area contributed by atoms with Crippen LogP contribution in [-0.2, 0) is 9.59 Å². The summed E-state index contributed by atoms with van der Waals surface area (Å²) in [7, 11) is 3.49. The molecule has 1 aromatic carbocycles. The number of hydrogen-bond donors (Lipinski definition) is 2. The Morgan fingerprint density at radius 2 is 1.65 bits per heavy atom. The summed E-state index contributed by atoms with van der Waals surface area (Å²) in [5.74, 6) is -0.908. The molecule has 4 amide bonds. The zero-order chi connectivity index (χ0) is 28.4. The van der Waals surface area contributed by atoms with E-state index in [1.165, 1.54) is 0 Å². The minimum atomic E-state index is -0.560. The van der Waals surface area contributed by atoms with E-state index in [2.05, 4.69) is 15.6 Å². The van der Waals surface area contributed by atoms with Gasteiger partial charge in [-0.1, -0.05) is 6.07 Å². The predicted molar refractivity (Wildman–Crippen MR) is 151 cm³/mol. The summed E-state index contributed by atoms with van der Waals surface area (Å²) in [5.41, 5.74) is 2.04. The van der Waals surface area contributed by atoms with Crippen LogP contribution in [0, 0.1) is 18.8 Å². The molecular weight excluding hydrogens is 510 g/mol. The molecule has 0 spiro atoms. The Kier molecular flexibility index (Phi) is 7.86. The minimum Gasteiger partial charge on any atom is -0.449 e. The van der Waals surface area contributed by atoms with Gasteiger partial charge in [-0.05, 0) is 75.3 Å². The van der Waals surface area contributed by atoms with E-state index in [0.29, 0.717) is 61.1 Å². The number of amides is 4. The van der Waals surface area contributed by atoms with Crippen LogP contribution in [0.1, 0.15) is 65.0 Å². The van der Waals surface area contributed by atoms with Gasteiger partial charge in [0.05, 0.1) is 0 Å². The van der Waals surface area contributed by atoms with Gasteiger partial charge in [0.1, 0.15) is 17.1 Å². The number of nitrogens with zero attached hydrogens (tertiary/aromatic N) is 3. The normalized spacial score (nSPS) is 18.9. The minimum absolute atomic E-state index is 0.0621. The molecule has 3 aromatic rings. The zero-order valence-corrected chi connectivity index (χ0v) is 23.2. The second-order valence-corrected chi connectivity index (χ2v) is 11.0. The van der Waals surface area contributed by atoms with Crippen molar-refractivity contribution < 1.29 is 23.6 Å². The molecule has 2 aliphatic rings. The Bertz CT molecular complexity index is 1430. The molecule has 1 saturated heterocycles. The number of rotatable bonds is 6. The first-order chi connectivity index (χ1) is 19.2. The van der Waals surface area contributed by atoms with Crippen molar-refractivity contribution in [3.63, 3.8) is 0 Å². The molecule has 0 bridgehead atoms. The summed E-state index contributed by atoms with van der Waals surface area (Å²) in [4.78, 5) is 59.9. The van der Waals surface area contributed by atoms with Crippen molar-refractivity contribution in [1.29, 1.82) is 0 Å². The fourth-order valence-electron chi connectivity index (χ4n) is 5.53. The van der Waals surface area contributed by atoms with E-state index in [4.69, 9.17) is 4.42 Å². The lowest BCUT2D eigenvalue weighted by Crippen LogP contribution is -2.35. The summed E-state index contributed by atoms with van der Waals surface area (Å²) >= 11 is 0. The topological polar surface area (TPSA) is 125 Å². The average Bonchev–Trinajstić information content (AvgIpc) is 3.62. The van der Waals surface area contributed by atoms with Gasteiger partial charge in [-0.3, -0.25) is 19.2 Å². The lowest BCUT2D eigenvalue weighted by molar-refractivity contribution is -0.135. The molecule has 0 radical (unpaired) electrons. The van der Waals surface area contributed by atoms with Gasteiger partial charge in [-0.2, -0.15) is 0 Å². The van der Waals surface area contributed by atoms with Crippen molar-refractivity contribution in [3.05, 3.63) is 53.4 Å². The van der Waals surface area contributed by atoms with E-state index < -0.39 is 5.91 Å². The van der Waals surface area contributed by atoms with E-state index in [0.717, 1.165) is 18.4 Å². The second-order valence-electron chi connectivity index (χ2n) is 11.0. The maximum atomic E-state index is 13.5. The maximum absolute atomic E-state index is 13.5. The Labute approximate surface area is 233 Å². The quantitative estimate of drug-likeness (QED) is 0.471. The first-order valence-electron chi connectivity index (χ1n) is 13.8. The fourth-order valence-corrected chi connectivity index (χ4v) is 5.53. The number of fused-ring (bicyclic) bond motifs is 1. The Hall–Kier alpha value is -4.21. The molecule has 2 aromatic heterocycles. The van der Waals surface area contributed by atoms with Gasteiger partial charge >= 0.3 is 0 Å². The molecule has 10 nitrogen and oxygen atoms in total. The summed E-state index contributed by atoms with van der Waals surface area (Å²) in [6, 6.07) is 8.55. The Balaban J connectivity index is 1.43. The number of benzene rings is 1. The van der Waals surface area contributed by atoms with Crippen LogP contribution in [0.5, 0.6) is 0 Å². The van der Waals surface area contributed by atoms with E-state index in [9.17, 15) is 19.2 Å². The molecule has 1 aliphatic heterocycles. The van der Waals surface area contributed by atoms with Crippen LogP contribution in [0.4, 0.5) is 11.5 Å². The first-order valence-corrected chi connectivity index (χ1v) is 13.8. The number of aromatic nitrogens is 1. The lowest BCUT2D eigenvalue weighted by Gasteiger charge is -2.28. The Morgan fingerprint density at radius 1 is 0.950 bits per heavy atom. The number of furan rings is 1. The third-order valence-electron chi connectivity index (χ3n) is 7.82. The van der Waals surface area contributed by atoms with Gasteiger partial charge in [0.25, 0.3) is 11.8 Å². The van der Waals surface area contributed by atoms with Crippen LogP contribution in [0.25, 0.3) is 11.0 Å². The van der Waals surface area contributed by atoms with Gasteiger partial charge in [-0.15, -0.1) is 0 Å². The molecule has 10 heteroatoms. The van der Waals surface area contributed by atoms with Crippen LogP contribution in [-0.4, -0.2) is 65.6 Å². The highest BCUT2D eigenvalue weighted by atomic mass is 16.3. The molecule has 0 unspecified atom stereocenters. The zero-order valence-electron chi connectivity index (χ0n) is 23.2. The van der Waals surface area contributed by atoms with Crippen LogP contribution in [0.15, 0.2) is 40.9 Å². The van der Waals surface area contributed by atoms with E-state index in [1.807, 2.05) is 17.9 Å². The Morgan fingerprint density at radius 3 is 2.30 bits per heavy atom. The largest absolute Gasteiger partial charge is 0.449 e. The molecule has 0 atom stereocenters. The summed E-state index contributed by atoms with van der Waals surface area (Å²) in [5, 5.41) is 6.17. The number of carbonyl (C=O) groups is 4. The van der Waals surface area contributed by atoms with Crippen LogP contribution in [0.3, 0.4) is 0 Å². The second kappa shape index (κ2) is 11.5. The number of aryl methyl sites for hydroxylation is 1. The molecule has 3 heterocycles. The smallest absolute Gasteiger partial charge is 0.294 e. The molecule has 2 fully saturated rings. The number of likely N-dealkylation sites (tertiary alicyclic amines) is 1. The maximum Gasteiger partial charge on any atom is 0.294 e. The van der Waals surface area contributed by atoms with Gasteiger partial charge in [0.2, 0.25) is 17.6 Å². The first kappa shape index (κ1) is 27.4. The molecule has 5 rings (SSSR count).